The van der Waals surface area contributed by atoms with Gasteiger partial charge in [0.2, 0.25) is 0 Å². The second-order valence-electron chi connectivity index (χ2n) is 10.4. The van der Waals surface area contributed by atoms with E-state index in [0.29, 0.717) is 34.7 Å². The van der Waals surface area contributed by atoms with Gasteiger partial charge in [0, 0.05) is 48.2 Å². The first-order valence-corrected chi connectivity index (χ1v) is 13.9. The third-order valence-electron chi connectivity index (χ3n) is 7.39. The highest BCUT2D eigenvalue weighted by molar-refractivity contribution is 6.35. The van der Waals surface area contributed by atoms with Crippen LogP contribution in [0.1, 0.15) is 46.9 Å². The molecule has 4 aromatic rings. The molecule has 7 heteroatoms. The van der Waals surface area contributed by atoms with Crippen molar-refractivity contribution in [3.63, 3.8) is 0 Å². The van der Waals surface area contributed by atoms with Crippen LogP contribution in [0.25, 0.3) is 0 Å². The fraction of sp³-hybridized carbons (Fsp3) is 0.281. The molecule has 0 unspecified atom stereocenters. The molecule has 1 aromatic heterocycles. The molecule has 0 spiro atoms. The Kier molecular flexibility index (Phi) is 8.31. The van der Waals surface area contributed by atoms with E-state index < -0.39 is 0 Å². The molecular formula is C32H32Cl2N2O3. The average Bonchev–Trinajstić information content (AvgIpc) is 3.43. The van der Waals surface area contributed by atoms with Gasteiger partial charge in [0.05, 0.1) is 0 Å². The second-order valence-corrected chi connectivity index (χ2v) is 11.2. The van der Waals surface area contributed by atoms with Gasteiger partial charge < -0.3 is 14.1 Å². The van der Waals surface area contributed by atoms with Crippen LogP contribution < -0.4 is 4.74 Å². The largest absolute Gasteiger partial charge is 0.486 e. The van der Waals surface area contributed by atoms with Gasteiger partial charge >= 0.3 is 0 Å². The number of ether oxygens (including phenoxy) is 1. The normalized spacial score (nSPS) is 14.4. The highest BCUT2D eigenvalue weighted by Crippen LogP contribution is 2.32. The van der Waals surface area contributed by atoms with E-state index in [4.69, 9.17) is 32.4 Å². The van der Waals surface area contributed by atoms with E-state index in [2.05, 4.69) is 55.1 Å². The first kappa shape index (κ1) is 27.3. The Balaban J connectivity index is 1.12. The molecule has 0 bridgehead atoms. The number of piperazine rings is 1. The summed E-state index contributed by atoms with van der Waals surface area (Å²) in [5.41, 5.74) is 3.40. The monoisotopic (exact) mass is 562 g/mol. The van der Waals surface area contributed by atoms with E-state index in [9.17, 15) is 4.79 Å². The predicted octanol–water partition coefficient (Wildman–Crippen LogP) is 7.45. The number of benzene rings is 3. The fourth-order valence-corrected chi connectivity index (χ4v) is 5.34. The van der Waals surface area contributed by atoms with Crippen molar-refractivity contribution >= 4 is 29.1 Å². The van der Waals surface area contributed by atoms with Crippen LogP contribution in [0.15, 0.2) is 89.3 Å². The lowest BCUT2D eigenvalue weighted by molar-refractivity contribution is 0.0594. The summed E-state index contributed by atoms with van der Waals surface area (Å²) in [5.74, 6) is 1.60. The van der Waals surface area contributed by atoms with Crippen molar-refractivity contribution in [2.75, 3.05) is 26.2 Å². The van der Waals surface area contributed by atoms with Gasteiger partial charge in [-0.25, -0.2) is 0 Å². The van der Waals surface area contributed by atoms with E-state index in [-0.39, 0.29) is 17.9 Å². The zero-order valence-corrected chi connectivity index (χ0v) is 23.7. The zero-order chi connectivity index (χ0) is 27.4. The SMILES string of the molecule is CC(C)(c1ccccc1)c1ccc(OCc2ccc(C(=O)N3CCN(Cc4ccc(Cl)cc4Cl)CC3)o2)cc1. The number of carbonyl (C=O) groups excluding carboxylic acids is 1. The topological polar surface area (TPSA) is 45.9 Å². The highest BCUT2D eigenvalue weighted by atomic mass is 35.5. The average molecular weight is 564 g/mol. The van der Waals surface area contributed by atoms with Crippen molar-refractivity contribution < 1.29 is 13.9 Å². The number of rotatable bonds is 8. The molecule has 0 N–H and O–H groups in total. The molecule has 1 fully saturated rings. The number of halogens is 2. The summed E-state index contributed by atoms with van der Waals surface area (Å²) >= 11 is 12.3. The third-order valence-corrected chi connectivity index (χ3v) is 7.98. The molecule has 1 aliphatic rings. The third kappa shape index (κ3) is 6.50. The summed E-state index contributed by atoms with van der Waals surface area (Å²) in [5, 5.41) is 1.29. The molecule has 39 heavy (non-hydrogen) atoms. The maximum atomic E-state index is 13.0. The number of hydrogen-bond donors (Lipinski definition) is 0. The van der Waals surface area contributed by atoms with Crippen molar-refractivity contribution in [2.45, 2.75) is 32.4 Å². The van der Waals surface area contributed by atoms with Gasteiger partial charge in [-0.3, -0.25) is 9.69 Å². The minimum Gasteiger partial charge on any atom is -0.486 e. The summed E-state index contributed by atoms with van der Waals surface area (Å²) in [6, 6.07) is 27.7. The number of nitrogens with zero attached hydrogens (tertiary/aromatic N) is 2. The van der Waals surface area contributed by atoms with Crippen LogP contribution in [0.5, 0.6) is 5.75 Å². The van der Waals surface area contributed by atoms with E-state index in [1.165, 1.54) is 11.1 Å². The Morgan fingerprint density at radius 2 is 1.56 bits per heavy atom. The molecule has 1 amide bonds. The Bertz CT molecular complexity index is 1410. The Labute approximate surface area is 239 Å². The first-order valence-electron chi connectivity index (χ1n) is 13.1. The molecule has 0 radical (unpaired) electrons. The van der Waals surface area contributed by atoms with E-state index in [0.717, 1.165) is 30.9 Å². The van der Waals surface area contributed by atoms with Gasteiger partial charge in [-0.2, -0.15) is 0 Å². The predicted molar refractivity (Wildman–Crippen MR) is 156 cm³/mol. The molecule has 1 aliphatic heterocycles. The van der Waals surface area contributed by atoms with Crippen LogP contribution in [-0.4, -0.2) is 41.9 Å². The van der Waals surface area contributed by atoms with Crippen molar-refractivity contribution in [3.8, 4) is 5.75 Å². The van der Waals surface area contributed by atoms with Crippen LogP contribution in [-0.2, 0) is 18.6 Å². The number of amides is 1. The smallest absolute Gasteiger partial charge is 0.289 e. The van der Waals surface area contributed by atoms with Crippen molar-refractivity contribution in [2.24, 2.45) is 0 Å². The highest BCUT2D eigenvalue weighted by Gasteiger charge is 2.25. The van der Waals surface area contributed by atoms with E-state index in [1.807, 2.05) is 35.2 Å². The van der Waals surface area contributed by atoms with Crippen molar-refractivity contribution in [3.05, 3.63) is 123 Å². The molecule has 2 heterocycles. The lowest BCUT2D eigenvalue weighted by Gasteiger charge is -2.34. The summed E-state index contributed by atoms with van der Waals surface area (Å²) in [6.45, 7) is 8.19. The van der Waals surface area contributed by atoms with Gasteiger partial charge in [-0.05, 0) is 53.1 Å². The summed E-state index contributed by atoms with van der Waals surface area (Å²) in [7, 11) is 0. The Morgan fingerprint density at radius 3 is 2.26 bits per heavy atom. The van der Waals surface area contributed by atoms with Gasteiger partial charge in [0.1, 0.15) is 18.1 Å². The molecule has 3 aromatic carbocycles. The quantitative estimate of drug-likeness (QED) is 0.223. The molecule has 0 atom stereocenters. The van der Waals surface area contributed by atoms with Crippen molar-refractivity contribution in [1.82, 2.24) is 9.80 Å². The van der Waals surface area contributed by atoms with Crippen LogP contribution in [0.3, 0.4) is 0 Å². The van der Waals surface area contributed by atoms with Gasteiger partial charge in [-0.15, -0.1) is 0 Å². The summed E-state index contributed by atoms with van der Waals surface area (Å²) in [4.78, 5) is 17.1. The minimum absolute atomic E-state index is 0.0991. The first-order chi connectivity index (χ1) is 18.8. The van der Waals surface area contributed by atoms with E-state index in [1.54, 1.807) is 18.2 Å². The number of carbonyl (C=O) groups is 1. The van der Waals surface area contributed by atoms with Crippen molar-refractivity contribution in [1.29, 1.82) is 0 Å². The maximum absolute atomic E-state index is 13.0. The molecular weight excluding hydrogens is 531 g/mol. The molecule has 1 saturated heterocycles. The molecule has 5 nitrogen and oxygen atoms in total. The molecule has 0 saturated carbocycles. The van der Waals surface area contributed by atoms with Crippen LogP contribution in [0, 0.1) is 0 Å². The van der Waals surface area contributed by atoms with Gasteiger partial charge in [0.15, 0.2) is 5.76 Å². The number of hydrogen-bond acceptors (Lipinski definition) is 4. The summed E-state index contributed by atoms with van der Waals surface area (Å²) < 4.78 is 11.8. The number of furan rings is 1. The lowest BCUT2D eigenvalue weighted by atomic mass is 9.78. The van der Waals surface area contributed by atoms with Gasteiger partial charge in [-0.1, -0.05) is 85.6 Å². The minimum atomic E-state index is -0.107. The molecule has 5 rings (SSSR count). The van der Waals surface area contributed by atoms with Crippen LogP contribution in [0.2, 0.25) is 10.0 Å². The Morgan fingerprint density at radius 1 is 0.872 bits per heavy atom. The molecule has 202 valence electrons. The standard InChI is InChI=1S/C32H32Cl2N2O3/c1-32(2,24-6-4-3-5-7-24)25-9-12-27(13-10-25)38-22-28-14-15-30(39-28)31(37)36-18-16-35(17-19-36)21-23-8-11-26(33)20-29(23)34/h3-15,20H,16-19,21-22H2,1-2H3. The van der Waals surface area contributed by atoms with E-state index >= 15 is 0 Å². The zero-order valence-electron chi connectivity index (χ0n) is 22.2. The Hall–Kier alpha value is -3.25. The fourth-order valence-electron chi connectivity index (χ4n) is 4.87. The maximum Gasteiger partial charge on any atom is 0.289 e. The van der Waals surface area contributed by atoms with Crippen LogP contribution in [0.4, 0.5) is 0 Å². The second kappa shape index (κ2) is 11.9. The summed E-state index contributed by atoms with van der Waals surface area (Å²) in [6.07, 6.45) is 0. The van der Waals surface area contributed by atoms with Crippen LogP contribution >= 0.6 is 23.2 Å². The lowest BCUT2D eigenvalue weighted by Crippen LogP contribution is -2.48. The van der Waals surface area contributed by atoms with Gasteiger partial charge in [0.25, 0.3) is 5.91 Å². The molecule has 0 aliphatic carbocycles.